The van der Waals surface area contributed by atoms with E-state index in [2.05, 4.69) is 0 Å². The van der Waals surface area contributed by atoms with E-state index in [1.54, 1.807) is 24.3 Å². The van der Waals surface area contributed by atoms with E-state index in [4.69, 9.17) is 30.5 Å². The Morgan fingerprint density at radius 1 is 1.06 bits per heavy atom. The van der Waals surface area contributed by atoms with Crippen molar-refractivity contribution in [2.45, 2.75) is 32.4 Å². The highest BCUT2D eigenvalue weighted by Crippen LogP contribution is 2.43. The maximum atomic E-state index is 13.2. The van der Waals surface area contributed by atoms with Crippen LogP contribution in [-0.4, -0.2) is 62.3 Å². The molecular weight excluding hydrogens is 474 g/mol. The molecule has 0 saturated carbocycles. The number of carbonyl (C=O) groups excluding carboxylic acids is 2. The van der Waals surface area contributed by atoms with Crippen LogP contribution >= 0.6 is 11.6 Å². The van der Waals surface area contributed by atoms with Gasteiger partial charge in [-0.1, -0.05) is 23.7 Å². The van der Waals surface area contributed by atoms with Crippen molar-refractivity contribution in [2.75, 3.05) is 34.5 Å². The third-order valence-corrected chi connectivity index (χ3v) is 5.97. The largest absolute Gasteiger partial charge is 0.507 e. The van der Waals surface area contributed by atoms with E-state index < -0.39 is 23.5 Å². The number of ketones is 1. The van der Waals surface area contributed by atoms with E-state index in [-0.39, 0.29) is 34.6 Å². The quantitative estimate of drug-likeness (QED) is 0.219. The van der Waals surface area contributed by atoms with Gasteiger partial charge in [-0.25, -0.2) is 0 Å². The SMILES string of the molecule is COc1cccc(C2/C(=C(\O)c3cc(Cl)c(OC)cc3OC)C(=O)C(=O)N2CCCOC(C)C)c1. The molecule has 1 unspecified atom stereocenters. The summed E-state index contributed by atoms with van der Waals surface area (Å²) in [5, 5.41) is 11.6. The lowest BCUT2D eigenvalue weighted by Crippen LogP contribution is -2.31. The summed E-state index contributed by atoms with van der Waals surface area (Å²) in [5.74, 6) is -0.754. The van der Waals surface area contributed by atoms with Crippen molar-refractivity contribution in [3.63, 3.8) is 0 Å². The first kappa shape index (κ1) is 26.4. The molecule has 8 nitrogen and oxygen atoms in total. The van der Waals surface area contributed by atoms with Gasteiger partial charge in [-0.05, 0) is 44.0 Å². The third-order valence-electron chi connectivity index (χ3n) is 5.67. The summed E-state index contributed by atoms with van der Waals surface area (Å²) in [7, 11) is 4.41. The van der Waals surface area contributed by atoms with Gasteiger partial charge in [0.25, 0.3) is 11.7 Å². The minimum absolute atomic E-state index is 0.0480. The first-order chi connectivity index (χ1) is 16.7. The van der Waals surface area contributed by atoms with Crippen LogP contribution in [-0.2, 0) is 14.3 Å². The Bertz CT molecular complexity index is 1130. The van der Waals surface area contributed by atoms with Crippen LogP contribution in [0.3, 0.4) is 0 Å². The second-order valence-electron chi connectivity index (χ2n) is 8.23. The van der Waals surface area contributed by atoms with Gasteiger partial charge in [0.2, 0.25) is 0 Å². The van der Waals surface area contributed by atoms with Crippen molar-refractivity contribution in [3.05, 3.63) is 58.1 Å². The summed E-state index contributed by atoms with van der Waals surface area (Å²) in [4.78, 5) is 27.8. The molecule has 0 spiro atoms. The fraction of sp³-hybridized carbons (Fsp3) is 0.385. The van der Waals surface area contributed by atoms with Crippen molar-refractivity contribution < 1.29 is 33.6 Å². The van der Waals surface area contributed by atoms with Gasteiger partial charge in [-0.2, -0.15) is 0 Å². The number of ether oxygens (including phenoxy) is 4. The van der Waals surface area contributed by atoms with Gasteiger partial charge in [-0.15, -0.1) is 0 Å². The predicted octanol–water partition coefficient (Wildman–Crippen LogP) is 4.60. The van der Waals surface area contributed by atoms with E-state index in [1.165, 1.54) is 38.4 Å². The fourth-order valence-corrected chi connectivity index (χ4v) is 4.25. The minimum Gasteiger partial charge on any atom is -0.507 e. The Morgan fingerprint density at radius 3 is 2.40 bits per heavy atom. The van der Waals surface area contributed by atoms with Crippen molar-refractivity contribution >= 4 is 29.1 Å². The second kappa shape index (κ2) is 11.5. The molecule has 1 aliphatic rings. The molecule has 0 radical (unpaired) electrons. The Kier molecular flexibility index (Phi) is 8.64. The average Bonchev–Trinajstić information content (AvgIpc) is 3.10. The first-order valence-electron chi connectivity index (χ1n) is 11.2. The van der Waals surface area contributed by atoms with Gasteiger partial charge in [0, 0.05) is 19.2 Å². The van der Waals surface area contributed by atoms with E-state index in [1.807, 2.05) is 13.8 Å². The lowest BCUT2D eigenvalue weighted by molar-refractivity contribution is -0.140. The van der Waals surface area contributed by atoms with Crippen LogP contribution < -0.4 is 14.2 Å². The molecule has 3 rings (SSSR count). The number of rotatable bonds is 10. The van der Waals surface area contributed by atoms with Gasteiger partial charge in [-0.3, -0.25) is 9.59 Å². The van der Waals surface area contributed by atoms with Crippen LogP contribution in [0.15, 0.2) is 42.0 Å². The number of Topliss-reactive ketones (excluding diaryl/α,β-unsaturated/α-hetero) is 1. The molecule has 1 heterocycles. The molecule has 35 heavy (non-hydrogen) atoms. The number of amides is 1. The molecule has 0 aliphatic carbocycles. The van der Waals surface area contributed by atoms with Crippen LogP contribution in [0.1, 0.15) is 37.4 Å². The molecular formula is C26H30ClNO7. The molecule has 2 aromatic rings. The van der Waals surface area contributed by atoms with Crippen LogP contribution in [0, 0.1) is 0 Å². The number of aliphatic hydroxyl groups excluding tert-OH is 1. The summed E-state index contributed by atoms with van der Waals surface area (Å²) in [6.07, 6.45) is 0.565. The molecule has 0 aromatic heterocycles. The standard InChI is InChI=1S/C26H30ClNO7/c1-15(2)35-11-7-10-28-23(16-8-6-9-17(12-16)32-3)22(25(30)26(28)31)24(29)18-13-19(27)21(34-5)14-20(18)33-4/h6,8-9,12-15,23,29H,7,10-11H2,1-5H3/b24-22+. The summed E-state index contributed by atoms with van der Waals surface area (Å²) in [6, 6.07) is 9.16. The molecule has 0 bridgehead atoms. The summed E-state index contributed by atoms with van der Waals surface area (Å²) < 4.78 is 21.6. The van der Waals surface area contributed by atoms with Crippen LogP contribution in [0.25, 0.3) is 5.76 Å². The van der Waals surface area contributed by atoms with Gasteiger partial charge >= 0.3 is 0 Å². The third kappa shape index (κ3) is 5.55. The van der Waals surface area contributed by atoms with Gasteiger partial charge < -0.3 is 29.0 Å². The maximum absolute atomic E-state index is 13.2. The van der Waals surface area contributed by atoms with Crippen LogP contribution in [0.5, 0.6) is 17.2 Å². The van der Waals surface area contributed by atoms with E-state index >= 15 is 0 Å². The summed E-state index contributed by atoms with van der Waals surface area (Å²) in [6.45, 7) is 4.54. The number of aliphatic hydroxyl groups is 1. The molecule has 1 aliphatic heterocycles. The molecule has 1 fully saturated rings. The number of hydrogen-bond acceptors (Lipinski definition) is 7. The smallest absolute Gasteiger partial charge is 0.295 e. The first-order valence-corrected chi connectivity index (χ1v) is 11.6. The topological polar surface area (TPSA) is 94.5 Å². The average molecular weight is 504 g/mol. The molecule has 1 amide bonds. The van der Waals surface area contributed by atoms with Gasteiger partial charge in [0.05, 0.1) is 49.6 Å². The van der Waals surface area contributed by atoms with Crippen molar-refractivity contribution in [3.8, 4) is 17.2 Å². The Balaban J connectivity index is 2.15. The Labute approximate surface area is 210 Å². The zero-order valence-corrected chi connectivity index (χ0v) is 21.2. The highest BCUT2D eigenvalue weighted by Gasteiger charge is 2.46. The second-order valence-corrected chi connectivity index (χ2v) is 8.64. The van der Waals surface area contributed by atoms with E-state index in [9.17, 15) is 14.7 Å². The zero-order valence-electron chi connectivity index (χ0n) is 20.5. The van der Waals surface area contributed by atoms with Crippen LogP contribution in [0.4, 0.5) is 0 Å². The van der Waals surface area contributed by atoms with Gasteiger partial charge in [0.15, 0.2) is 0 Å². The Morgan fingerprint density at radius 2 is 1.77 bits per heavy atom. The zero-order chi connectivity index (χ0) is 25.7. The minimum atomic E-state index is -0.838. The van der Waals surface area contributed by atoms with Crippen molar-refractivity contribution in [2.24, 2.45) is 0 Å². The number of likely N-dealkylation sites (tertiary alicyclic amines) is 1. The number of benzene rings is 2. The van der Waals surface area contributed by atoms with Gasteiger partial charge in [0.1, 0.15) is 23.0 Å². The Hall–Kier alpha value is -3.23. The molecule has 9 heteroatoms. The number of hydrogen-bond donors (Lipinski definition) is 1. The summed E-state index contributed by atoms with van der Waals surface area (Å²) >= 11 is 6.30. The molecule has 1 saturated heterocycles. The maximum Gasteiger partial charge on any atom is 0.295 e. The molecule has 188 valence electrons. The normalized spacial score (nSPS) is 17.2. The molecule has 1 atom stereocenters. The highest BCUT2D eigenvalue weighted by atomic mass is 35.5. The predicted molar refractivity (Wildman–Crippen MR) is 132 cm³/mol. The molecule has 1 N–H and O–H groups in total. The number of nitrogens with zero attached hydrogens (tertiary/aromatic N) is 1. The van der Waals surface area contributed by atoms with Crippen molar-refractivity contribution in [1.29, 1.82) is 0 Å². The monoisotopic (exact) mass is 503 g/mol. The fourth-order valence-electron chi connectivity index (χ4n) is 4.01. The lowest BCUT2D eigenvalue weighted by Gasteiger charge is -2.26. The number of methoxy groups -OCH3 is 3. The van der Waals surface area contributed by atoms with E-state index in [0.29, 0.717) is 30.1 Å². The highest BCUT2D eigenvalue weighted by molar-refractivity contribution is 6.46. The van der Waals surface area contributed by atoms with Crippen molar-refractivity contribution in [1.82, 2.24) is 4.90 Å². The molecule has 2 aromatic carbocycles. The van der Waals surface area contributed by atoms with E-state index in [0.717, 1.165) is 0 Å². The lowest BCUT2D eigenvalue weighted by atomic mass is 9.94. The number of carbonyl (C=O) groups is 2. The number of halogens is 1. The van der Waals surface area contributed by atoms with Crippen LogP contribution in [0.2, 0.25) is 5.02 Å². The summed E-state index contributed by atoms with van der Waals surface area (Å²) in [5.41, 5.74) is 0.730.